The Bertz CT molecular complexity index is 581. The van der Waals surface area contributed by atoms with Crippen LogP contribution in [-0.2, 0) is 22.9 Å². The maximum Gasteiger partial charge on any atom is 0.0108 e. The van der Waals surface area contributed by atoms with E-state index in [1.165, 1.54) is 6.38 Å². The summed E-state index contributed by atoms with van der Waals surface area (Å²) in [5, 5.41) is 0. The maximum absolute atomic E-state index is 4.64. The second-order valence-electron chi connectivity index (χ2n) is 7.88. The van der Waals surface area contributed by atoms with Gasteiger partial charge in [0, 0.05) is 6.38 Å². The molecule has 0 aromatic rings. The van der Waals surface area contributed by atoms with Gasteiger partial charge in [-0.05, 0) is 0 Å². The minimum Gasteiger partial charge on any atom is -0.130 e. The number of alkyl halides is 1. The predicted molar refractivity (Wildman–Crippen MR) is 101 cm³/mol. The average molecular weight is 499 g/mol. The van der Waals surface area contributed by atoms with Gasteiger partial charge in [0.05, 0.1) is 0 Å². The van der Waals surface area contributed by atoms with Gasteiger partial charge in [-0.15, -0.1) is 11.6 Å². The van der Waals surface area contributed by atoms with E-state index in [9.17, 15) is 0 Å². The molecule has 128 valence electrons. The zero-order valence-electron chi connectivity index (χ0n) is 16.9. The molecule has 2 rings (SSSR count). The van der Waals surface area contributed by atoms with Crippen LogP contribution in [0.1, 0.15) is 69.2 Å². The van der Waals surface area contributed by atoms with Crippen LogP contribution in [0.15, 0.2) is 40.1 Å². The van der Waals surface area contributed by atoms with Crippen molar-refractivity contribution in [2.75, 3.05) is 6.38 Å². The van der Waals surface area contributed by atoms with Gasteiger partial charge in [-0.2, -0.15) is 0 Å². The third-order valence-corrected chi connectivity index (χ3v) is 15.4. The molecule has 0 radical (unpaired) electrons. The normalized spacial score (nSPS) is 22.8. The number of hydrogen-bond donors (Lipinski definition) is 0. The van der Waals surface area contributed by atoms with Crippen LogP contribution in [0, 0.1) is 10.8 Å². The Kier molecular flexibility index (Phi) is 6.59. The second-order valence-corrected chi connectivity index (χ2v) is 12.4. The van der Waals surface area contributed by atoms with Crippen molar-refractivity contribution < 1.29 is 22.9 Å². The van der Waals surface area contributed by atoms with Gasteiger partial charge in [-0.3, -0.25) is 0 Å². The average Bonchev–Trinajstić information content (AvgIpc) is 2.74. The minimum absolute atomic E-state index is 0.297. The molecule has 0 bridgehead atoms. The Balaban J connectivity index is 0.00000127. The van der Waals surface area contributed by atoms with Crippen LogP contribution in [0.4, 0.5) is 0 Å². The molecule has 0 aromatic heterocycles. The van der Waals surface area contributed by atoms with Crippen molar-refractivity contribution in [2.45, 2.75) is 69.2 Å². The molecule has 0 saturated carbocycles. The molecule has 23 heavy (non-hydrogen) atoms. The van der Waals surface area contributed by atoms with Crippen LogP contribution in [0.2, 0.25) is 0 Å². The molecule has 0 heterocycles. The molecule has 0 N–H and O–H groups in total. The molecule has 2 aliphatic rings. The van der Waals surface area contributed by atoms with Crippen LogP contribution in [-0.4, -0.2) is 6.38 Å². The Hall–Kier alpha value is 0.120. The van der Waals surface area contributed by atoms with Crippen molar-refractivity contribution in [1.82, 2.24) is 0 Å². The standard InChI is InChI=1S/2C10H15.CH3Cl.Hf/c2*1-7-6-10(4,5)9(3)8(7)2;1-2;/h2*1-5H3;1H3;. The Morgan fingerprint density at radius 3 is 1.00 bits per heavy atom. The summed E-state index contributed by atoms with van der Waals surface area (Å²) in [4.78, 5) is 0. The zero-order valence-corrected chi connectivity index (χ0v) is 21.2. The van der Waals surface area contributed by atoms with Gasteiger partial charge >= 0.3 is 143 Å². The van der Waals surface area contributed by atoms with E-state index in [0.29, 0.717) is 10.8 Å². The number of allylic oxidation sites excluding steroid dienone is 8. The van der Waals surface area contributed by atoms with Crippen LogP contribution < -0.4 is 0 Å². The van der Waals surface area contributed by atoms with Crippen LogP contribution in [0.25, 0.3) is 0 Å². The van der Waals surface area contributed by atoms with Crippen LogP contribution in [0.5, 0.6) is 0 Å². The van der Waals surface area contributed by atoms with Crippen molar-refractivity contribution in [3.05, 3.63) is 40.1 Å². The smallest absolute Gasteiger partial charge is 0.0108 e. The molecule has 0 atom stereocenters. The molecular formula is C21H33ClHf. The van der Waals surface area contributed by atoms with Crippen molar-refractivity contribution in [1.29, 1.82) is 0 Å². The molecular weight excluding hydrogens is 466 g/mol. The van der Waals surface area contributed by atoms with E-state index < -0.39 is 22.9 Å². The fraction of sp³-hybridized carbons (Fsp3) is 0.619. The molecule has 2 heteroatoms. The summed E-state index contributed by atoms with van der Waals surface area (Å²) in [5.41, 5.74) is 10.1. The fourth-order valence-electron chi connectivity index (χ4n) is 3.81. The molecule has 0 aromatic carbocycles. The van der Waals surface area contributed by atoms with E-state index in [0.717, 1.165) is 0 Å². The van der Waals surface area contributed by atoms with Crippen molar-refractivity contribution in [3.8, 4) is 0 Å². The molecule has 0 amide bonds. The van der Waals surface area contributed by atoms with Crippen LogP contribution in [0.3, 0.4) is 0 Å². The van der Waals surface area contributed by atoms with Gasteiger partial charge in [-0.25, -0.2) is 0 Å². The first-order valence-electron chi connectivity index (χ1n) is 8.38. The third kappa shape index (κ3) is 3.30. The maximum atomic E-state index is 4.64. The van der Waals surface area contributed by atoms with Gasteiger partial charge in [0.15, 0.2) is 0 Å². The van der Waals surface area contributed by atoms with E-state index in [2.05, 4.69) is 80.8 Å². The van der Waals surface area contributed by atoms with Gasteiger partial charge in [-0.1, -0.05) is 0 Å². The van der Waals surface area contributed by atoms with E-state index in [1.807, 2.05) is 6.66 Å². The molecule has 0 nitrogen and oxygen atoms in total. The topological polar surface area (TPSA) is 0 Å². The molecule has 2 aliphatic carbocycles. The Morgan fingerprint density at radius 1 is 0.565 bits per heavy atom. The number of rotatable bonds is 2. The van der Waals surface area contributed by atoms with E-state index in [1.54, 1.807) is 33.4 Å². The summed E-state index contributed by atoms with van der Waals surface area (Å²) < 4.78 is 3.64. The van der Waals surface area contributed by atoms with Crippen molar-refractivity contribution in [2.24, 2.45) is 10.8 Å². The zero-order chi connectivity index (χ0) is 18.3. The van der Waals surface area contributed by atoms with Gasteiger partial charge in [0.1, 0.15) is 0 Å². The molecule has 0 aliphatic heterocycles. The molecule has 0 spiro atoms. The first-order valence-corrected chi connectivity index (χ1v) is 12.7. The quantitative estimate of drug-likeness (QED) is 0.278. The number of halogens is 1. The molecule has 0 unspecified atom stereocenters. The fourth-order valence-corrected chi connectivity index (χ4v) is 11.0. The van der Waals surface area contributed by atoms with Crippen molar-refractivity contribution in [3.63, 3.8) is 0 Å². The predicted octanol–water partition coefficient (Wildman–Crippen LogP) is 7.22. The summed E-state index contributed by atoms with van der Waals surface area (Å²) >= 11 is 3.64. The first-order chi connectivity index (χ1) is 10.4. The van der Waals surface area contributed by atoms with E-state index >= 15 is 0 Å². The van der Waals surface area contributed by atoms with Gasteiger partial charge in [0.25, 0.3) is 0 Å². The van der Waals surface area contributed by atoms with Gasteiger partial charge < -0.3 is 0 Å². The van der Waals surface area contributed by atoms with E-state index in [-0.39, 0.29) is 0 Å². The summed E-state index contributed by atoms with van der Waals surface area (Å²) in [6.45, 7) is 23.8. The van der Waals surface area contributed by atoms with Gasteiger partial charge in [0.2, 0.25) is 0 Å². The summed E-state index contributed by atoms with van der Waals surface area (Å²) in [5.74, 6) is 0. The first kappa shape index (κ1) is 21.2. The van der Waals surface area contributed by atoms with Crippen LogP contribution >= 0.6 is 11.6 Å². The number of hydrogen-bond acceptors (Lipinski definition) is 0. The third-order valence-electron chi connectivity index (χ3n) is 6.38. The SMILES string of the molecule is CC1=C(C)C(C)(C)[C]([Hf][C]2=C(C)C(C)=C(C)C2(C)C)=C1C.CCl. The monoisotopic (exact) mass is 500 g/mol. The van der Waals surface area contributed by atoms with E-state index in [4.69, 9.17) is 0 Å². The Morgan fingerprint density at radius 2 is 0.826 bits per heavy atom. The Labute approximate surface area is 160 Å². The second kappa shape index (κ2) is 7.16. The van der Waals surface area contributed by atoms with Crippen molar-refractivity contribution >= 4 is 11.6 Å². The molecule has 0 fully saturated rings. The summed E-state index contributed by atoms with van der Waals surface area (Å²) in [6, 6.07) is 0. The molecule has 0 saturated heterocycles. The minimum atomic E-state index is -0.997. The summed E-state index contributed by atoms with van der Waals surface area (Å²) in [6.07, 6.45) is 1.47. The largest absolute Gasteiger partial charge is 0.130 e. The summed E-state index contributed by atoms with van der Waals surface area (Å²) in [7, 11) is 0.